The van der Waals surface area contributed by atoms with E-state index in [2.05, 4.69) is 15.5 Å². The Bertz CT molecular complexity index is 856. The summed E-state index contributed by atoms with van der Waals surface area (Å²) >= 11 is 0. The minimum absolute atomic E-state index is 0.0975. The smallest absolute Gasteiger partial charge is 0.253 e. The van der Waals surface area contributed by atoms with Gasteiger partial charge in [0.25, 0.3) is 5.91 Å². The number of hydrogen-bond acceptors (Lipinski definition) is 4. The number of fused-ring (bicyclic) bond motifs is 1. The summed E-state index contributed by atoms with van der Waals surface area (Å²) < 4.78 is 5.58. The van der Waals surface area contributed by atoms with Crippen LogP contribution in [0.4, 0.5) is 0 Å². The van der Waals surface area contributed by atoms with Gasteiger partial charge in [-0.15, -0.1) is 0 Å². The Morgan fingerprint density at radius 3 is 2.72 bits per heavy atom. The second kappa shape index (κ2) is 7.36. The van der Waals surface area contributed by atoms with Crippen LogP contribution in [0.1, 0.15) is 35.9 Å². The van der Waals surface area contributed by atoms with Crippen molar-refractivity contribution in [3.8, 4) is 5.75 Å². The Morgan fingerprint density at radius 1 is 1.24 bits per heavy atom. The van der Waals surface area contributed by atoms with Gasteiger partial charge in [0.1, 0.15) is 5.75 Å². The zero-order chi connectivity index (χ0) is 17.8. The molecule has 0 aliphatic carbocycles. The molecule has 130 valence electrons. The molecular formula is C19H21N3O3. The lowest BCUT2D eigenvalue weighted by atomic mass is 10.1. The zero-order valence-corrected chi connectivity index (χ0v) is 14.2. The van der Waals surface area contributed by atoms with E-state index in [9.17, 15) is 9.90 Å². The summed E-state index contributed by atoms with van der Waals surface area (Å²) in [5.74, 6) is 0.495. The maximum atomic E-state index is 12.4. The Hall–Kier alpha value is -2.86. The number of aliphatic hydroxyl groups is 1. The van der Waals surface area contributed by atoms with E-state index in [-0.39, 0.29) is 18.6 Å². The molecule has 25 heavy (non-hydrogen) atoms. The summed E-state index contributed by atoms with van der Waals surface area (Å²) in [6, 6.07) is 12.6. The fraction of sp³-hybridized carbons (Fsp3) is 0.263. The summed E-state index contributed by atoms with van der Waals surface area (Å²) in [6.45, 7) is 4.03. The van der Waals surface area contributed by atoms with Crippen molar-refractivity contribution in [2.24, 2.45) is 0 Å². The van der Waals surface area contributed by atoms with Crippen LogP contribution >= 0.6 is 0 Å². The first-order chi connectivity index (χ1) is 12.0. The number of carbonyl (C=O) groups excluding carboxylic acids is 1. The highest BCUT2D eigenvalue weighted by atomic mass is 16.5. The predicted molar refractivity (Wildman–Crippen MR) is 95.6 cm³/mol. The monoisotopic (exact) mass is 339 g/mol. The molecule has 0 aliphatic heterocycles. The highest BCUT2D eigenvalue weighted by Crippen LogP contribution is 2.19. The normalized spacial score (nSPS) is 12.3. The van der Waals surface area contributed by atoms with Crippen molar-refractivity contribution in [2.45, 2.75) is 26.1 Å². The number of hydrogen-bond donors (Lipinski definition) is 3. The van der Waals surface area contributed by atoms with Gasteiger partial charge in [-0.25, -0.2) is 0 Å². The highest BCUT2D eigenvalue weighted by Gasteiger charge is 2.14. The van der Waals surface area contributed by atoms with E-state index in [0.29, 0.717) is 11.1 Å². The maximum absolute atomic E-state index is 12.4. The first kappa shape index (κ1) is 17.0. The van der Waals surface area contributed by atoms with E-state index in [1.54, 1.807) is 30.5 Å². The zero-order valence-electron chi connectivity index (χ0n) is 14.2. The minimum Gasteiger partial charge on any atom is -0.491 e. The molecule has 1 atom stereocenters. The summed E-state index contributed by atoms with van der Waals surface area (Å²) in [7, 11) is 0. The lowest BCUT2D eigenvalue weighted by molar-refractivity contribution is 0.0917. The molecule has 0 spiro atoms. The van der Waals surface area contributed by atoms with Crippen LogP contribution in [-0.2, 0) is 0 Å². The van der Waals surface area contributed by atoms with Gasteiger partial charge in [-0.05, 0) is 37.6 Å². The fourth-order valence-corrected chi connectivity index (χ4v) is 2.60. The molecule has 6 heteroatoms. The number of amides is 1. The molecule has 0 fully saturated rings. The molecule has 3 aromatic rings. The average Bonchev–Trinajstić information content (AvgIpc) is 3.08. The first-order valence-corrected chi connectivity index (χ1v) is 8.19. The number of aromatic nitrogens is 2. The molecule has 1 amide bonds. The number of carbonyl (C=O) groups is 1. The number of aliphatic hydroxyl groups excluding tert-OH is 1. The van der Waals surface area contributed by atoms with Gasteiger partial charge >= 0.3 is 0 Å². The average molecular weight is 339 g/mol. The van der Waals surface area contributed by atoms with E-state index >= 15 is 0 Å². The van der Waals surface area contributed by atoms with E-state index in [4.69, 9.17) is 4.74 Å². The van der Waals surface area contributed by atoms with E-state index in [1.807, 2.05) is 32.0 Å². The standard InChI is InChI=1S/C19H21N3O3/c1-12(2)25-15-8-6-13(7-9-15)17(23)11-20-19(24)16-5-3-4-14-10-21-22-18(14)16/h3-10,12,17,23H,11H2,1-2H3,(H,20,24)(H,21,22). The largest absolute Gasteiger partial charge is 0.491 e. The SMILES string of the molecule is CC(C)Oc1ccc(C(O)CNC(=O)c2cccc3cn[nH]c23)cc1. The molecule has 0 saturated heterocycles. The Labute approximate surface area is 145 Å². The maximum Gasteiger partial charge on any atom is 0.253 e. The number of benzene rings is 2. The second-order valence-electron chi connectivity index (χ2n) is 6.10. The number of ether oxygens (including phenoxy) is 1. The van der Waals surface area contributed by atoms with Gasteiger partial charge in [0.2, 0.25) is 0 Å². The van der Waals surface area contributed by atoms with Crippen LogP contribution < -0.4 is 10.1 Å². The second-order valence-corrected chi connectivity index (χ2v) is 6.10. The van der Waals surface area contributed by atoms with Crippen LogP contribution in [0.15, 0.2) is 48.7 Å². The molecule has 3 N–H and O–H groups in total. The van der Waals surface area contributed by atoms with Crippen molar-refractivity contribution in [1.82, 2.24) is 15.5 Å². The third-order valence-electron chi connectivity index (χ3n) is 3.81. The summed E-state index contributed by atoms with van der Waals surface area (Å²) in [6.07, 6.45) is 0.972. The lowest BCUT2D eigenvalue weighted by Gasteiger charge is -2.14. The summed E-state index contributed by atoms with van der Waals surface area (Å²) in [5, 5.41) is 20.7. The molecule has 0 radical (unpaired) electrons. The van der Waals surface area contributed by atoms with Gasteiger partial charge in [-0.1, -0.05) is 24.3 Å². The highest BCUT2D eigenvalue weighted by molar-refractivity contribution is 6.05. The lowest BCUT2D eigenvalue weighted by Crippen LogP contribution is -2.28. The summed E-state index contributed by atoms with van der Waals surface area (Å²) in [4.78, 5) is 12.4. The van der Waals surface area contributed by atoms with Crippen LogP contribution in [0.5, 0.6) is 5.75 Å². The van der Waals surface area contributed by atoms with Gasteiger partial charge in [-0.3, -0.25) is 9.89 Å². The van der Waals surface area contributed by atoms with Crippen LogP contribution in [0.25, 0.3) is 10.9 Å². The van der Waals surface area contributed by atoms with Gasteiger partial charge in [-0.2, -0.15) is 5.10 Å². The van der Waals surface area contributed by atoms with Crippen molar-refractivity contribution in [3.63, 3.8) is 0 Å². The van der Waals surface area contributed by atoms with E-state index in [0.717, 1.165) is 16.7 Å². The van der Waals surface area contributed by atoms with Crippen LogP contribution in [0, 0.1) is 0 Å². The van der Waals surface area contributed by atoms with Gasteiger partial charge < -0.3 is 15.2 Å². The molecule has 0 aliphatic rings. The van der Waals surface area contributed by atoms with Crippen LogP contribution in [-0.4, -0.2) is 33.9 Å². The van der Waals surface area contributed by atoms with Crippen molar-refractivity contribution in [1.29, 1.82) is 0 Å². The van der Waals surface area contributed by atoms with Gasteiger partial charge in [0.05, 0.1) is 29.5 Å². The molecule has 1 aromatic heterocycles. The van der Waals surface area contributed by atoms with Crippen molar-refractivity contribution in [2.75, 3.05) is 6.54 Å². The van der Waals surface area contributed by atoms with Gasteiger partial charge in [0, 0.05) is 11.9 Å². The van der Waals surface area contributed by atoms with Crippen molar-refractivity contribution < 1.29 is 14.6 Å². The Morgan fingerprint density at radius 2 is 2.00 bits per heavy atom. The molecule has 2 aromatic carbocycles. The predicted octanol–water partition coefficient (Wildman–Crippen LogP) is 2.81. The molecule has 0 saturated carbocycles. The Balaban J connectivity index is 1.62. The molecule has 0 bridgehead atoms. The molecule has 3 rings (SSSR count). The third-order valence-corrected chi connectivity index (χ3v) is 3.81. The molecule has 1 unspecified atom stereocenters. The quantitative estimate of drug-likeness (QED) is 0.644. The number of para-hydroxylation sites is 1. The topological polar surface area (TPSA) is 87.2 Å². The molecule has 6 nitrogen and oxygen atoms in total. The van der Waals surface area contributed by atoms with Gasteiger partial charge in [0.15, 0.2) is 0 Å². The molecular weight excluding hydrogens is 318 g/mol. The first-order valence-electron chi connectivity index (χ1n) is 8.19. The third kappa shape index (κ3) is 3.97. The van der Waals surface area contributed by atoms with Crippen molar-refractivity contribution >= 4 is 16.8 Å². The van der Waals surface area contributed by atoms with Crippen LogP contribution in [0.2, 0.25) is 0 Å². The van der Waals surface area contributed by atoms with Crippen molar-refractivity contribution in [3.05, 3.63) is 59.8 Å². The Kier molecular flexibility index (Phi) is 5.00. The number of H-pyrrole nitrogens is 1. The number of nitrogens with zero attached hydrogens (tertiary/aromatic N) is 1. The van der Waals surface area contributed by atoms with E-state index in [1.165, 1.54) is 0 Å². The van der Waals surface area contributed by atoms with Crippen LogP contribution in [0.3, 0.4) is 0 Å². The fourth-order valence-electron chi connectivity index (χ4n) is 2.60. The summed E-state index contributed by atoms with van der Waals surface area (Å²) in [5.41, 5.74) is 1.91. The number of aromatic amines is 1. The van der Waals surface area contributed by atoms with E-state index < -0.39 is 6.10 Å². The minimum atomic E-state index is -0.794. The molecule has 1 heterocycles. The number of rotatable bonds is 6. The number of nitrogens with one attached hydrogen (secondary N) is 2.